The predicted octanol–water partition coefficient (Wildman–Crippen LogP) is 2.76. The first-order valence-corrected chi connectivity index (χ1v) is 9.10. The summed E-state index contributed by atoms with van der Waals surface area (Å²) in [4.78, 5) is 26.4. The molecule has 1 aromatic rings. The molecule has 0 aliphatic heterocycles. The number of hydrogen-bond acceptors (Lipinski definition) is 3. The number of carbonyl (C=O) groups excluding carboxylic acids is 2. The van der Waals surface area contributed by atoms with E-state index in [1.807, 2.05) is 4.90 Å². The van der Waals surface area contributed by atoms with E-state index in [9.17, 15) is 9.59 Å². The van der Waals surface area contributed by atoms with Gasteiger partial charge in [0.15, 0.2) is 5.76 Å². The molecule has 0 saturated heterocycles. The van der Waals surface area contributed by atoms with Crippen molar-refractivity contribution in [1.82, 2.24) is 15.5 Å². The average Bonchev–Trinajstić information content (AvgIpc) is 3.26. The van der Waals surface area contributed by atoms with Crippen LogP contribution in [0.2, 0.25) is 0 Å². The molecule has 2 saturated carbocycles. The van der Waals surface area contributed by atoms with Gasteiger partial charge in [-0.3, -0.25) is 4.79 Å². The van der Waals surface area contributed by atoms with Crippen LogP contribution >= 0.6 is 0 Å². The molecule has 3 amide bonds. The molecule has 6 heteroatoms. The highest BCUT2D eigenvalue weighted by atomic mass is 16.3. The van der Waals surface area contributed by atoms with Gasteiger partial charge in [-0.05, 0) is 43.7 Å². The van der Waals surface area contributed by atoms with E-state index < -0.39 is 0 Å². The number of furan rings is 1. The molecule has 2 N–H and O–H groups in total. The van der Waals surface area contributed by atoms with Gasteiger partial charge < -0.3 is 20.0 Å². The third kappa shape index (κ3) is 4.76. The van der Waals surface area contributed by atoms with Crippen molar-refractivity contribution >= 4 is 11.9 Å². The number of carbonyl (C=O) groups is 2. The van der Waals surface area contributed by atoms with Gasteiger partial charge in [-0.25, -0.2) is 4.79 Å². The quantitative estimate of drug-likeness (QED) is 0.754. The number of amides is 3. The Bertz CT molecular complexity index is 534. The molecule has 3 rings (SSSR count). The monoisotopic (exact) mass is 333 g/mol. The molecule has 2 aliphatic rings. The van der Waals surface area contributed by atoms with Crippen molar-refractivity contribution in [1.29, 1.82) is 0 Å². The molecule has 1 aromatic heterocycles. The van der Waals surface area contributed by atoms with Crippen LogP contribution in [0, 0.1) is 5.92 Å². The fourth-order valence-electron chi connectivity index (χ4n) is 3.31. The van der Waals surface area contributed by atoms with E-state index in [0.29, 0.717) is 30.8 Å². The van der Waals surface area contributed by atoms with Crippen LogP contribution in [0.25, 0.3) is 0 Å². The van der Waals surface area contributed by atoms with Gasteiger partial charge in [-0.2, -0.15) is 0 Å². The minimum absolute atomic E-state index is 0.0149. The topological polar surface area (TPSA) is 74.6 Å². The van der Waals surface area contributed by atoms with Crippen molar-refractivity contribution in [3.8, 4) is 0 Å². The molecular formula is C18H27N3O3. The zero-order valence-corrected chi connectivity index (χ0v) is 14.1. The fraction of sp³-hybridized carbons (Fsp3) is 0.667. The SMILES string of the molecule is O=C(NCCNC(=O)N(CC1CC1)C1CCCCC1)c1ccco1. The second kappa shape index (κ2) is 8.22. The number of urea groups is 1. The second-order valence-corrected chi connectivity index (χ2v) is 6.85. The van der Waals surface area contributed by atoms with E-state index in [0.717, 1.165) is 19.4 Å². The minimum atomic E-state index is -0.253. The zero-order valence-electron chi connectivity index (χ0n) is 14.1. The summed E-state index contributed by atoms with van der Waals surface area (Å²) in [6, 6.07) is 3.70. The number of nitrogens with zero attached hydrogens (tertiary/aromatic N) is 1. The van der Waals surface area contributed by atoms with Crippen LogP contribution in [0.15, 0.2) is 22.8 Å². The molecule has 2 fully saturated rings. The van der Waals surface area contributed by atoms with Gasteiger partial charge in [0, 0.05) is 25.7 Å². The van der Waals surface area contributed by atoms with Crippen molar-refractivity contribution in [2.75, 3.05) is 19.6 Å². The summed E-state index contributed by atoms with van der Waals surface area (Å²) in [5.74, 6) is 0.728. The molecule has 0 radical (unpaired) electrons. The van der Waals surface area contributed by atoms with Crippen molar-refractivity contribution in [3.63, 3.8) is 0 Å². The standard InChI is InChI=1S/C18H27N3O3/c22-17(16-7-4-12-24-16)19-10-11-20-18(23)21(13-14-8-9-14)15-5-2-1-3-6-15/h4,7,12,14-15H,1-3,5-6,8-11,13H2,(H,19,22)(H,20,23). The van der Waals surface area contributed by atoms with Crippen LogP contribution < -0.4 is 10.6 Å². The van der Waals surface area contributed by atoms with Crippen molar-refractivity contribution in [2.24, 2.45) is 5.92 Å². The van der Waals surface area contributed by atoms with Gasteiger partial charge in [0.05, 0.1) is 6.26 Å². The second-order valence-electron chi connectivity index (χ2n) is 6.85. The molecule has 1 heterocycles. The van der Waals surface area contributed by atoms with E-state index in [1.165, 1.54) is 38.4 Å². The van der Waals surface area contributed by atoms with Crippen LogP contribution in [0.4, 0.5) is 4.79 Å². The highest BCUT2D eigenvalue weighted by Gasteiger charge is 2.31. The van der Waals surface area contributed by atoms with Gasteiger partial charge in [-0.15, -0.1) is 0 Å². The van der Waals surface area contributed by atoms with E-state index in [-0.39, 0.29) is 11.9 Å². The van der Waals surface area contributed by atoms with Crippen molar-refractivity contribution in [2.45, 2.75) is 51.0 Å². The lowest BCUT2D eigenvalue weighted by Gasteiger charge is -2.34. The lowest BCUT2D eigenvalue weighted by molar-refractivity contribution is 0.0925. The summed E-state index contributed by atoms with van der Waals surface area (Å²) in [5.41, 5.74) is 0. The van der Waals surface area contributed by atoms with Crippen molar-refractivity contribution in [3.05, 3.63) is 24.2 Å². The van der Waals surface area contributed by atoms with Crippen LogP contribution in [0.3, 0.4) is 0 Å². The Kier molecular flexibility index (Phi) is 5.77. The maximum Gasteiger partial charge on any atom is 0.317 e. The Morgan fingerprint density at radius 1 is 1.08 bits per heavy atom. The first-order valence-electron chi connectivity index (χ1n) is 9.10. The first-order chi connectivity index (χ1) is 11.7. The fourth-order valence-corrected chi connectivity index (χ4v) is 3.31. The molecule has 0 spiro atoms. The summed E-state index contributed by atoms with van der Waals surface area (Å²) < 4.78 is 5.03. The maximum absolute atomic E-state index is 12.6. The van der Waals surface area contributed by atoms with E-state index in [1.54, 1.807) is 12.1 Å². The highest BCUT2D eigenvalue weighted by molar-refractivity contribution is 5.91. The van der Waals surface area contributed by atoms with E-state index >= 15 is 0 Å². The third-order valence-corrected chi connectivity index (χ3v) is 4.86. The molecular weight excluding hydrogens is 306 g/mol. The lowest BCUT2D eigenvalue weighted by atomic mass is 9.94. The Balaban J connectivity index is 1.41. The predicted molar refractivity (Wildman–Crippen MR) is 90.7 cm³/mol. The van der Waals surface area contributed by atoms with Gasteiger partial charge in [-0.1, -0.05) is 19.3 Å². The highest BCUT2D eigenvalue weighted by Crippen LogP contribution is 2.32. The summed E-state index contributed by atoms with van der Waals surface area (Å²) in [7, 11) is 0. The Hall–Kier alpha value is -1.98. The summed E-state index contributed by atoms with van der Waals surface area (Å²) in [6.07, 6.45) is 9.93. The van der Waals surface area contributed by atoms with Crippen LogP contribution in [-0.2, 0) is 0 Å². The Morgan fingerprint density at radius 3 is 2.50 bits per heavy atom. The van der Waals surface area contributed by atoms with Gasteiger partial charge in [0.1, 0.15) is 0 Å². The minimum Gasteiger partial charge on any atom is -0.459 e. The van der Waals surface area contributed by atoms with Gasteiger partial charge >= 0.3 is 6.03 Å². The molecule has 24 heavy (non-hydrogen) atoms. The number of hydrogen-bond donors (Lipinski definition) is 2. The van der Waals surface area contributed by atoms with Crippen LogP contribution in [-0.4, -0.2) is 42.5 Å². The summed E-state index contributed by atoms with van der Waals surface area (Å²) >= 11 is 0. The smallest absolute Gasteiger partial charge is 0.317 e. The Morgan fingerprint density at radius 2 is 1.83 bits per heavy atom. The average molecular weight is 333 g/mol. The normalized spacial score (nSPS) is 18.2. The molecule has 0 bridgehead atoms. The van der Waals surface area contributed by atoms with Gasteiger partial charge in [0.25, 0.3) is 5.91 Å². The maximum atomic E-state index is 12.6. The Labute approximate surface area is 143 Å². The van der Waals surface area contributed by atoms with Crippen molar-refractivity contribution < 1.29 is 14.0 Å². The lowest BCUT2D eigenvalue weighted by Crippen LogP contribution is -2.49. The summed E-state index contributed by atoms with van der Waals surface area (Å²) in [5, 5.41) is 5.70. The van der Waals surface area contributed by atoms with E-state index in [2.05, 4.69) is 10.6 Å². The number of rotatable bonds is 7. The largest absolute Gasteiger partial charge is 0.459 e. The molecule has 2 aliphatic carbocycles. The van der Waals surface area contributed by atoms with Gasteiger partial charge in [0.2, 0.25) is 0 Å². The summed E-state index contributed by atoms with van der Waals surface area (Å²) in [6.45, 7) is 1.71. The molecule has 0 unspecified atom stereocenters. The first kappa shape index (κ1) is 16.9. The molecule has 6 nitrogen and oxygen atoms in total. The van der Waals surface area contributed by atoms with E-state index in [4.69, 9.17) is 4.42 Å². The van der Waals surface area contributed by atoms with Crippen LogP contribution in [0.5, 0.6) is 0 Å². The molecule has 0 atom stereocenters. The third-order valence-electron chi connectivity index (χ3n) is 4.86. The molecule has 132 valence electrons. The van der Waals surface area contributed by atoms with Crippen LogP contribution in [0.1, 0.15) is 55.5 Å². The zero-order chi connectivity index (χ0) is 16.8. The molecule has 0 aromatic carbocycles. The number of nitrogens with one attached hydrogen (secondary N) is 2.